The number of rotatable bonds is 6. The molecule has 114 valence electrons. The highest BCUT2D eigenvalue weighted by molar-refractivity contribution is 5.26. The predicted octanol–water partition coefficient (Wildman–Crippen LogP) is 1.73. The van der Waals surface area contributed by atoms with E-state index in [0.29, 0.717) is 5.88 Å². The first-order chi connectivity index (χ1) is 10.1. The van der Waals surface area contributed by atoms with Crippen molar-refractivity contribution in [2.75, 3.05) is 14.2 Å². The number of ether oxygens (including phenoxy) is 1. The van der Waals surface area contributed by atoms with Crippen molar-refractivity contribution in [1.82, 2.24) is 25.1 Å². The minimum absolute atomic E-state index is 0.104. The number of methoxy groups -OCH3 is 1. The summed E-state index contributed by atoms with van der Waals surface area (Å²) in [5, 5.41) is 7.76. The first kappa shape index (κ1) is 15.4. The molecule has 1 unspecified atom stereocenters. The van der Waals surface area contributed by atoms with Crippen LogP contribution < -0.4 is 10.1 Å². The molecule has 2 rings (SSSR count). The fourth-order valence-electron chi connectivity index (χ4n) is 2.62. The maximum absolute atomic E-state index is 5.30. The summed E-state index contributed by atoms with van der Waals surface area (Å²) in [7, 11) is 5.53. The van der Waals surface area contributed by atoms with Gasteiger partial charge in [0.15, 0.2) is 0 Å². The van der Waals surface area contributed by atoms with Gasteiger partial charge in [-0.25, -0.2) is 4.98 Å². The second-order valence-corrected chi connectivity index (χ2v) is 5.10. The van der Waals surface area contributed by atoms with Crippen molar-refractivity contribution in [3.05, 3.63) is 35.0 Å². The van der Waals surface area contributed by atoms with Gasteiger partial charge in [-0.3, -0.25) is 9.67 Å². The molecule has 1 atom stereocenters. The molecule has 2 aromatic rings. The number of aryl methyl sites for hydroxylation is 2. The third-order valence-electron chi connectivity index (χ3n) is 3.90. The molecule has 0 bridgehead atoms. The fraction of sp³-hybridized carbons (Fsp3) is 0.533. The molecule has 0 aromatic carbocycles. The summed E-state index contributed by atoms with van der Waals surface area (Å²) in [6.07, 6.45) is 5.20. The number of hydrogen-bond acceptors (Lipinski definition) is 5. The van der Waals surface area contributed by atoms with Crippen molar-refractivity contribution in [2.24, 2.45) is 7.05 Å². The Hall–Kier alpha value is -1.95. The molecule has 0 aliphatic carbocycles. The normalized spacial score (nSPS) is 12.4. The summed E-state index contributed by atoms with van der Waals surface area (Å²) >= 11 is 0. The van der Waals surface area contributed by atoms with Crippen molar-refractivity contribution in [3.8, 4) is 5.88 Å². The van der Waals surface area contributed by atoms with Gasteiger partial charge in [0, 0.05) is 25.1 Å². The monoisotopic (exact) mass is 289 g/mol. The van der Waals surface area contributed by atoms with Gasteiger partial charge >= 0.3 is 0 Å². The Bertz CT molecular complexity index is 608. The van der Waals surface area contributed by atoms with E-state index in [9.17, 15) is 0 Å². The van der Waals surface area contributed by atoms with E-state index in [1.165, 1.54) is 11.3 Å². The lowest BCUT2D eigenvalue weighted by Crippen LogP contribution is -2.20. The molecule has 1 N–H and O–H groups in total. The van der Waals surface area contributed by atoms with Gasteiger partial charge in [0.1, 0.15) is 5.69 Å². The molecule has 0 fully saturated rings. The zero-order chi connectivity index (χ0) is 15.4. The Kier molecular flexibility index (Phi) is 4.90. The molecule has 6 nitrogen and oxygen atoms in total. The zero-order valence-corrected chi connectivity index (χ0v) is 13.3. The molecule has 0 saturated heterocycles. The van der Waals surface area contributed by atoms with Crippen LogP contribution in [-0.4, -0.2) is 33.9 Å². The topological polar surface area (TPSA) is 64.9 Å². The van der Waals surface area contributed by atoms with Gasteiger partial charge in [-0.1, -0.05) is 0 Å². The number of nitrogens with zero attached hydrogens (tertiary/aromatic N) is 4. The third-order valence-corrected chi connectivity index (χ3v) is 3.90. The van der Waals surface area contributed by atoms with E-state index in [4.69, 9.17) is 4.74 Å². The van der Waals surface area contributed by atoms with Crippen LogP contribution in [0.2, 0.25) is 0 Å². The van der Waals surface area contributed by atoms with Crippen molar-refractivity contribution in [2.45, 2.75) is 32.7 Å². The number of hydrogen-bond donors (Lipinski definition) is 1. The Morgan fingerprint density at radius 3 is 2.57 bits per heavy atom. The second kappa shape index (κ2) is 6.67. The Balaban J connectivity index is 2.16. The Morgan fingerprint density at radius 2 is 2.00 bits per heavy atom. The van der Waals surface area contributed by atoms with Crippen LogP contribution in [0.15, 0.2) is 12.4 Å². The molecular weight excluding hydrogens is 266 g/mol. The lowest BCUT2D eigenvalue weighted by Gasteiger charge is -2.17. The summed E-state index contributed by atoms with van der Waals surface area (Å²) in [5.41, 5.74) is 4.46. The minimum atomic E-state index is 0.104. The highest BCUT2D eigenvalue weighted by Crippen LogP contribution is 2.25. The van der Waals surface area contributed by atoms with Crippen molar-refractivity contribution in [1.29, 1.82) is 0 Å². The number of nitrogens with one attached hydrogen (secondary N) is 1. The highest BCUT2D eigenvalue weighted by Gasteiger charge is 2.18. The van der Waals surface area contributed by atoms with Crippen LogP contribution in [0.1, 0.15) is 35.1 Å². The van der Waals surface area contributed by atoms with Gasteiger partial charge < -0.3 is 10.1 Å². The first-order valence-electron chi connectivity index (χ1n) is 7.09. The molecule has 0 aliphatic heterocycles. The van der Waals surface area contributed by atoms with E-state index in [1.54, 1.807) is 19.5 Å². The molecule has 0 amide bonds. The van der Waals surface area contributed by atoms with Crippen LogP contribution in [0.5, 0.6) is 5.88 Å². The van der Waals surface area contributed by atoms with Gasteiger partial charge in [-0.15, -0.1) is 0 Å². The van der Waals surface area contributed by atoms with Gasteiger partial charge in [-0.2, -0.15) is 5.10 Å². The largest absolute Gasteiger partial charge is 0.480 e. The maximum atomic E-state index is 5.30. The number of aromatic nitrogens is 4. The van der Waals surface area contributed by atoms with Crippen LogP contribution in [0.4, 0.5) is 0 Å². The first-order valence-corrected chi connectivity index (χ1v) is 7.09. The summed E-state index contributed by atoms with van der Waals surface area (Å²) in [4.78, 5) is 8.63. The molecule has 6 heteroatoms. The zero-order valence-electron chi connectivity index (χ0n) is 13.3. The average Bonchev–Trinajstić information content (AvgIpc) is 2.74. The lowest BCUT2D eigenvalue weighted by molar-refractivity contribution is 0.377. The second-order valence-electron chi connectivity index (χ2n) is 5.10. The molecule has 0 saturated carbocycles. The summed E-state index contributed by atoms with van der Waals surface area (Å²) < 4.78 is 7.23. The van der Waals surface area contributed by atoms with Gasteiger partial charge in [0.2, 0.25) is 5.88 Å². The van der Waals surface area contributed by atoms with E-state index in [1.807, 2.05) is 18.8 Å². The van der Waals surface area contributed by atoms with Crippen LogP contribution in [0.25, 0.3) is 0 Å². The van der Waals surface area contributed by atoms with Crippen LogP contribution in [0.3, 0.4) is 0 Å². The molecule has 2 heterocycles. The Morgan fingerprint density at radius 1 is 1.29 bits per heavy atom. The van der Waals surface area contributed by atoms with Gasteiger partial charge in [-0.05, 0) is 39.3 Å². The summed E-state index contributed by atoms with van der Waals surface area (Å²) in [6, 6.07) is 0.104. The lowest BCUT2D eigenvalue weighted by atomic mass is 10.0. The maximum Gasteiger partial charge on any atom is 0.236 e. The highest BCUT2D eigenvalue weighted by atomic mass is 16.5. The van der Waals surface area contributed by atoms with Crippen LogP contribution >= 0.6 is 0 Å². The Labute approximate surface area is 125 Å². The van der Waals surface area contributed by atoms with E-state index in [0.717, 1.165) is 24.2 Å². The van der Waals surface area contributed by atoms with Gasteiger partial charge in [0.25, 0.3) is 0 Å². The molecule has 0 spiro atoms. The van der Waals surface area contributed by atoms with Crippen LogP contribution in [-0.2, 0) is 13.5 Å². The third kappa shape index (κ3) is 3.21. The molecule has 0 aliphatic rings. The van der Waals surface area contributed by atoms with E-state index in [2.05, 4.69) is 34.2 Å². The predicted molar refractivity (Wildman–Crippen MR) is 81.4 cm³/mol. The van der Waals surface area contributed by atoms with E-state index < -0.39 is 0 Å². The standard InChI is InChI=1S/C15H23N5O/c1-10-12(11(2)20(4)19-10)6-7-13(16-3)14-15(21-5)18-9-8-17-14/h8-9,13,16H,6-7H2,1-5H3. The SMILES string of the molecule is CNC(CCc1c(C)nn(C)c1C)c1nccnc1OC. The van der Waals surface area contributed by atoms with E-state index in [-0.39, 0.29) is 6.04 Å². The van der Waals surface area contributed by atoms with Crippen molar-refractivity contribution >= 4 is 0 Å². The summed E-state index contributed by atoms with van der Waals surface area (Å²) in [5.74, 6) is 0.580. The van der Waals surface area contributed by atoms with Crippen LogP contribution in [0, 0.1) is 13.8 Å². The van der Waals surface area contributed by atoms with Crippen molar-refractivity contribution in [3.63, 3.8) is 0 Å². The summed E-state index contributed by atoms with van der Waals surface area (Å²) in [6.45, 7) is 4.16. The molecule has 21 heavy (non-hydrogen) atoms. The fourth-order valence-corrected chi connectivity index (χ4v) is 2.62. The minimum Gasteiger partial charge on any atom is -0.480 e. The van der Waals surface area contributed by atoms with Gasteiger partial charge in [0.05, 0.1) is 18.8 Å². The smallest absolute Gasteiger partial charge is 0.236 e. The molecular formula is C15H23N5O. The quantitative estimate of drug-likeness (QED) is 0.877. The molecule has 0 radical (unpaired) electrons. The average molecular weight is 289 g/mol. The van der Waals surface area contributed by atoms with Crippen molar-refractivity contribution < 1.29 is 4.74 Å². The molecule has 2 aromatic heterocycles. The van der Waals surface area contributed by atoms with E-state index >= 15 is 0 Å².